The van der Waals surface area contributed by atoms with E-state index < -0.39 is 6.09 Å². The van der Waals surface area contributed by atoms with Crippen LogP contribution in [0.3, 0.4) is 0 Å². The lowest BCUT2D eigenvalue weighted by Crippen LogP contribution is -2.48. The smallest absolute Gasteiger partial charge is 0.404 e. The van der Waals surface area contributed by atoms with Gasteiger partial charge < -0.3 is 21.1 Å². The van der Waals surface area contributed by atoms with E-state index in [0.717, 1.165) is 43.4 Å². The topological polar surface area (TPSA) is 121 Å². The molecule has 3 heterocycles. The van der Waals surface area contributed by atoms with Gasteiger partial charge in [0.1, 0.15) is 5.82 Å². The van der Waals surface area contributed by atoms with E-state index in [0.29, 0.717) is 23.6 Å². The van der Waals surface area contributed by atoms with Crippen LogP contribution in [-0.4, -0.2) is 44.0 Å². The maximum atomic E-state index is 12.3. The van der Waals surface area contributed by atoms with Gasteiger partial charge in [0.25, 0.3) is 5.91 Å². The molecule has 1 aliphatic heterocycles. The van der Waals surface area contributed by atoms with E-state index in [1.807, 2.05) is 19.2 Å². The molecular weight excluding hydrogens is 360 g/mol. The molecule has 2 aromatic rings. The number of hydrogen-bond acceptors (Lipinski definition) is 5. The number of anilines is 1. The summed E-state index contributed by atoms with van der Waals surface area (Å²) in [5.74, 6) is 0.523. The molecule has 2 atom stereocenters. The summed E-state index contributed by atoms with van der Waals surface area (Å²) in [6, 6.07) is 1.69. The molecule has 4 rings (SSSR count). The second-order valence-corrected chi connectivity index (χ2v) is 7.25. The van der Waals surface area contributed by atoms with Crippen LogP contribution in [-0.2, 0) is 13.1 Å². The van der Waals surface area contributed by atoms with Gasteiger partial charge in [0.15, 0.2) is 0 Å². The van der Waals surface area contributed by atoms with Gasteiger partial charge in [0.05, 0.1) is 23.5 Å². The van der Waals surface area contributed by atoms with Crippen molar-refractivity contribution < 1.29 is 14.7 Å². The second kappa shape index (κ2) is 7.49. The Hall–Kier alpha value is -3.10. The summed E-state index contributed by atoms with van der Waals surface area (Å²) in [5, 5.41) is 22.3. The van der Waals surface area contributed by atoms with Gasteiger partial charge in [-0.2, -0.15) is 5.10 Å². The summed E-state index contributed by atoms with van der Waals surface area (Å²) < 4.78 is 1.80. The number of aryl methyl sites for hydroxylation is 1. The minimum absolute atomic E-state index is 0.0355. The Balaban J connectivity index is 1.67. The number of carbonyl (C=O) groups is 2. The van der Waals surface area contributed by atoms with E-state index in [9.17, 15) is 9.59 Å². The van der Waals surface area contributed by atoms with Crippen molar-refractivity contribution in [3.05, 3.63) is 29.6 Å². The van der Waals surface area contributed by atoms with Crippen molar-refractivity contribution >= 4 is 17.8 Å². The zero-order valence-electron chi connectivity index (χ0n) is 15.7. The molecule has 4 N–H and O–H groups in total. The molecule has 28 heavy (non-hydrogen) atoms. The highest BCUT2D eigenvalue weighted by Crippen LogP contribution is 2.31. The molecule has 0 saturated heterocycles. The van der Waals surface area contributed by atoms with Gasteiger partial charge >= 0.3 is 6.09 Å². The lowest BCUT2D eigenvalue weighted by atomic mass is 9.90. The molecule has 0 radical (unpaired) electrons. The van der Waals surface area contributed by atoms with Crippen molar-refractivity contribution in [3.63, 3.8) is 0 Å². The SMILES string of the molecule is CCn1cc(-c2nc(N[C@@H]3CCCC[C@@H]3NC(=O)O)cc3c2C(=O)NC3)cn1. The lowest BCUT2D eigenvalue weighted by molar-refractivity contribution is 0.0966. The monoisotopic (exact) mass is 384 g/mol. The van der Waals surface area contributed by atoms with Crippen LogP contribution < -0.4 is 16.0 Å². The Bertz CT molecular complexity index is 909. The van der Waals surface area contributed by atoms with Crippen LogP contribution in [0.4, 0.5) is 10.6 Å². The summed E-state index contributed by atoms with van der Waals surface area (Å²) in [6.45, 7) is 3.19. The lowest BCUT2D eigenvalue weighted by Gasteiger charge is -2.32. The van der Waals surface area contributed by atoms with Crippen molar-refractivity contribution in [3.8, 4) is 11.3 Å². The molecule has 0 unspecified atom stereocenters. The minimum Gasteiger partial charge on any atom is -0.465 e. The molecule has 0 spiro atoms. The predicted octanol–water partition coefficient (Wildman–Crippen LogP) is 2.20. The highest BCUT2D eigenvalue weighted by atomic mass is 16.4. The number of nitrogens with one attached hydrogen (secondary N) is 3. The number of hydrogen-bond donors (Lipinski definition) is 4. The van der Waals surface area contributed by atoms with Gasteiger partial charge in [-0.1, -0.05) is 12.8 Å². The highest BCUT2D eigenvalue weighted by Gasteiger charge is 2.29. The third-order valence-corrected chi connectivity index (χ3v) is 5.41. The number of carboxylic acid groups (broad SMARTS) is 1. The first kappa shape index (κ1) is 18.3. The Kier molecular flexibility index (Phi) is 4.89. The van der Waals surface area contributed by atoms with Gasteiger partial charge in [-0.25, -0.2) is 9.78 Å². The van der Waals surface area contributed by atoms with Gasteiger partial charge in [0.2, 0.25) is 0 Å². The third kappa shape index (κ3) is 3.51. The van der Waals surface area contributed by atoms with Crippen molar-refractivity contribution in [1.29, 1.82) is 0 Å². The fraction of sp³-hybridized carbons (Fsp3) is 0.474. The molecule has 2 amide bonds. The maximum Gasteiger partial charge on any atom is 0.404 e. The van der Waals surface area contributed by atoms with Gasteiger partial charge in [0, 0.05) is 30.9 Å². The first-order valence-electron chi connectivity index (χ1n) is 9.66. The number of fused-ring (bicyclic) bond motifs is 1. The van der Waals surface area contributed by atoms with E-state index in [1.165, 1.54) is 0 Å². The van der Waals surface area contributed by atoms with Gasteiger partial charge in [-0.3, -0.25) is 9.48 Å². The third-order valence-electron chi connectivity index (χ3n) is 5.41. The Morgan fingerprint density at radius 2 is 2.14 bits per heavy atom. The predicted molar refractivity (Wildman–Crippen MR) is 103 cm³/mol. The Morgan fingerprint density at radius 1 is 1.36 bits per heavy atom. The van der Waals surface area contributed by atoms with Gasteiger partial charge in [-0.05, 0) is 31.4 Å². The minimum atomic E-state index is -1.01. The molecule has 1 fully saturated rings. The van der Waals surface area contributed by atoms with Crippen LogP contribution in [0, 0.1) is 0 Å². The molecule has 0 aromatic carbocycles. The molecule has 9 nitrogen and oxygen atoms in total. The molecule has 2 aliphatic rings. The molecule has 2 aromatic heterocycles. The molecule has 0 bridgehead atoms. The largest absolute Gasteiger partial charge is 0.465 e. The summed E-state index contributed by atoms with van der Waals surface area (Å²) in [4.78, 5) is 28.2. The van der Waals surface area contributed by atoms with Crippen LogP contribution in [0.2, 0.25) is 0 Å². The zero-order valence-corrected chi connectivity index (χ0v) is 15.7. The second-order valence-electron chi connectivity index (χ2n) is 7.25. The standard InChI is InChI=1S/C19H24N6O3/c1-2-25-10-12(9-21-25)17-16-11(8-20-18(16)26)7-15(24-17)22-13-5-3-4-6-14(13)23-19(27)28/h7,9-10,13-14,23H,2-6,8H2,1H3,(H,20,26)(H,22,24)(H,27,28)/t13-,14+/m1/s1. The zero-order chi connectivity index (χ0) is 19.7. The fourth-order valence-electron chi connectivity index (χ4n) is 4.02. The quantitative estimate of drug-likeness (QED) is 0.627. The van der Waals surface area contributed by atoms with Crippen LogP contribution in [0.1, 0.15) is 48.5 Å². The summed E-state index contributed by atoms with van der Waals surface area (Å²) in [6.07, 6.45) is 6.29. The average molecular weight is 384 g/mol. The molecule has 9 heteroatoms. The molecule has 1 aliphatic carbocycles. The number of carbonyl (C=O) groups excluding carboxylic acids is 1. The van der Waals surface area contributed by atoms with Crippen molar-refractivity contribution in [2.24, 2.45) is 0 Å². The summed E-state index contributed by atoms with van der Waals surface area (Å²) >= 11 is 0. The van der Waals surface area contributed by atoms with Gasteiger partial charge in [-0.15, -0.1) is 0 Å². The number of rotatable bonds is 5. The van der Waals surface area contributed by atoms with Crippen LogP contribution in [0.15, 0.2) is 18.5 Å². The van der Waals surface area contributed by atoms with E-state index in [-0.39, 0.29) is 18.0 Å². The first-order valence-corrected chi connectivity index (χ1v) is 9.66. The van der Waals surface area contributed by atoms with E-state index in [2.05, 4.69) is 21.0 Å². The molecule has 1 saturated carbocycles. The number of pyridine rings is 1. The Morgan fingerprint density at radius 3 is 2.86 bits per heavy atom. The summed E-state index contributed by atoms with van der Waals surface area (Å²) in [5.41, 5.74) is 2.88. The molecule has 148 valence electrons. The number of nitrogens with zero attached hydrogens (tertiary/aromatic N) is 3. The highest BCUT2D eigenvalue weighted by molar-refractivity contribution is 6.04. The summed E-state index contributed by atoms with van der Waals surface area (Å²) in [7, 11) is 0. The van der Waals surface area contributed by atoms with E-state index in [4.69, 9.17) is 10.1 Å². The van der Waals surface area contributed by atoms with Crippen molar-refractivity contribution in [1.82, 2.24) is 25.4 Å². The van der Waals surface area contributed by atoms with E-state index in [1.54, 1.807) is 10.9 Å². The first-order chi connectivity index (χ1) is 13.5. The van der Waals surface area contributed by atoms with Crippen LogP contribution in [0.5, 0.6) is 0 Å². The maximum absolute atomic E-state index is 12.3. The van der Waals surface area contributed by atoms with E-state index >= 15 is 0 Å². The van der Waals surface area contributed by atoms with Crippen molar-refractivity contribution in [2.45, 2.75) is 57.8 Å². The number of aromatic nitrogens is 3. The normalized spacial score (nSPS) is 21.1. The average Bonchev–Trinajstić information content (AvgIpc) is 3.29. The fourth-order valence-corrected chi connectivity index (χ4v) is 4.02. The molecular formula is C19H24N6O3. The van der Waals surface area contributed by atoms with Crippen LogP contribution in [0.25, 0.3) is 11.3 Å². The van der Waals surface area contributed by atoms with Crippen molar-refractivity contribution in [2.75, 3.05) is 5.32 Å². The van der Waals surface area contributed by atoms with Crippen LogP contribution >= 0.6 is 0 Å². The Labute approximate surface area is 162 Å². The number of amides is 2.